The fraction of sp³-hybridized carbons (Fsp3) is 0.407. The highest BCUT2D eigenvalue weighted by atomic mass is 16.5. The number of amides is 3. The van der Waals surface area contributed by atoms with E-state index in [1.165, 1.54) is 28.7 Å². The van der Waals surface area contributed by atoms with E-state index in [-0.39, 0.29) is 24.6 Å². The van der Waals surface area contributed by atoms with Crippen molar-refractivity contribution in [1.29, 1.82) is 0 Å². The van der Waals surface area contributed by atoms with Crippen molar-refractivity contribution in [3.05, 3.63) is 64.6 Å². The van der Waals surface area contributed by atoms with Crippen molar-refractivity contribution in [2.45, 2.75) is 45.7 Å². The normalized spacial score (nSPS) is 12.1. The van der Waals surface area contributed by atoms with E-state index < -0.39 is 23.6 Å². The minimum absolute atomic E-state index is 0.0516. The number of carbonyl (C=O) groups excluding carboxylic acids is 3. The van der Waals surface area contributed by atoms with Crippen molar-refractivity contribution >= 4 is 34.6 Å². The molecule has 0 radical (unpaired) electrons. The van der Waals surface area contributed by atoms with Gasteiger partial charge in [0.15, 0.2) is 0 Å². The molecule has 0 bridgehead atoms. The topological polar surface area (TPSA) is 151 Å². The van der Waals surface area contributed by atoms with Crippen molar-refractivity contribution in [3.63, 3.8) is 0 Å². The predicted molar refractivity (Wildman–Crippen MR) is 147 cm³/mol. The summed E-state index contributed by atoms with van der Waals surface area (Å²) in [4.78, 5) is 63.5. The van der Waals surface area contributed by atoms with Crippen LogP contribution in [-0.2, 0) is 27.3 Å². The number of anilines is 1. The molecule has 1 atom stereocenters. The molecule has 0 aliphatic heterocycles. The molecule has 0 aliphatic carbocycles. The van der Waals surface area contributed by atoms with Crippen LogP contribution in [-0.4, -0.2) is 69.6 Å². The van der Waals surface area contributed by atoms with E-state index >= 15 is 0 Å². The minimum atomic E-state index is -0.994. The maximum absolute atomic E-state index is 13.2. The van der Waals surface area contributed by atoms with Crippen LogP contribution in [0, 0.1) is 5.92 Å². The molecule has 0 saturated heterocycles. The SMILES string of the molecule is COC(=O)N[C@@H](CC/C=C/C(=O)N(C)C)C(=O)Nc1cccn(Cc2nc3c(CC(C)C)nccc3[nH]2)c1=O. The number of H-pyrrole nitrogens is 1. The van der Waals surface area contributed by atoms with Gasteiger partial charge >= 0.3 is 6.09 Å². The summed E-state index contributed by atoms with van der Waals surface area (Å²) >= 11 is 0. The summed E-state index contributed by atoms with van der Waals surface area (Å²) in [5.74, 6) is 0.215. The van der Waals surface area contributed by atoms with Crippen LogP contribution in [0.1, 0.15) is 38.2 Å². The van der Waals surface area contributed by atoms with Crippen LogP contribution in [0.5, 0.6) is 0 Å². The highest BCUT2D eigenvalue weighted by Gasteiger charge is 2.22. The van der Waals surface area contributed by atoms with Crippen molar-refractivity contribution in [1.82, 2.24) is 29.7 Å². The summed E-state index contributed by atoms with van der Waals surface area (Å²) in [5.41, 5.74) is 2.13. The van der Waals surface area contributed by atoms with Crippen LogP contribution in [0.4, 0.5) is 10.5 Å². The van der Waals surface area contributed by atoms with Crippen molar-refractivity contribution in [2.75, 3.05) is 26.5 Å². The molecule has 0 spiro atoms. The third-order valence-electron chi connectivity index (χ3n) is 5.84. The van der Waals surface area contributed by atoms with Gasteiger partial charge in [-0.05, 0) is 49.5 Å². The van der Waals surface area contributed by atoms with Gasteiger partial charge in [-0.25, -0.2) is 9.78 Å². The number of nitrogens with zero attached hydrogens (tertiary/aromatic N) is 4. The average Bonchev–Trinajstić information content (AvgIpc) is 3.31. The number of rotatable bonds is 11. The molecular weight excluding hydrogens is 502 g/mol. The van der Waals surface area contributed by atoms with E-state index in [9.17, 15) is 19.2 Å². The zero-order valence-electron chi connectivity index (χ0n) is 22.9. The van der Waals surface area contributed by atoms with Crippen molar-refractivity contribution in [2.24, 2.45) is 5.92 Å². The Kier molecular flexibility index (Phi) is 9.96. The van der Waals surface area contributed by atoms with E-state index in [2.05, 4.69) is 44.2 Å². The first-order valence-electron chi connectivity index (χ1n) is 12.6. The fourth-order valence-corrected chi connectivity index (χ4v) is 3.86. The van der Waals surface area contributed by atoms with E-state index in [0.717, 1.165) is 23.1 Å². The summed E-state index contributed by atoms with van der Waals surface area (Å²) in [5, 5.41) is 5.08. The molecule has 0 fully saturated rings. The smallest absolute Gasteiger partial charge is 0.407 e. The molecule has 3 heterocycles. The number of fused-ring (bicyclic) bond motifs is 1. The van der Waals surface area contributed by atoms with Gasteiger partial charge in [0.1, 0.15) is 23.1 Å². The molecule has 3 aromatic heterocycles. The van der Waals surface area contributed by atoms with Gasteiger partial charge in [-0.3, -0.25) is 19.4 Å². The van der Waals surface area contributed by atoms with E-state index in [4.69, 9.17) is 0 Å². The maximum atomic E-state index is 13.2. The molecule has 3 N–H and O–H groups in total. The second-order valence-corrected chi connectivity index (χ2v) is 9.68. The number of alkyl carbamates (subject to hydrolysis) is 1. The Morgan fingerprint density at radius 1 is 1.23 bits per heavy atom. The molecule has 12 nitrogen and oxygen atoms in total. The molecule has 0 unspecified atom stereocenters. The number of imidazole rings is 1. The molecule has 0 saturated carbocycles. The molecule has 12 heteroatoms. The lowest BCUT2D eigenvalue weighted by Gasteiger charge is -2.17. The monoisotopic (exact) mass is 537 g/mol. The standard InChI is InChI=1S/C27H35N7O5/c1-17(2)15-21-24-18(12-13-28-21)29-22(32-24)16-34-14-8-10-20(26(34)37)30-25(36)19(31-27(38)39-5)9-6-7-11-23(35)33(3)4/h7-8,10-14,17,19H,6,9,15-16H2,1-5H3,(H,29,32)(H,30,36)(H,31,38)/b11-7+/t19-/m0/s1. The average molecular weight is 538 g/mol. The summed E-state index contributed by atoms with van der Waals surface area (Å²) in [6.45, 7) is 4.38. The minimum Gasteiger partial charge on any atom is -0.453 e. The van der Waals surface area contributed by atoms with Gasteiger partial charge < -0.3 is 29.8 Å². The van der Waals surface area contributed by atoms with Crippen LogP contribution < -0.4 is 16.2 Å². The highest BCUT2D eigenvalue weighted by Crippen LogP contribution is 2.18. The van der Waals surface area contributed by atoms with Crippen LogP contribution in [0.3, 0.4) is 0 Å². The summed E-state index contributed by atoms with van der Waals surface area (Å²) in [7, 11) is 4.45. The van der Waals surface area contributed by atoms with E-state index in [1.807, 2.05) is 6.07 Å². The lowest BCUT2D eigenvalue weighted by Crippen LogP contribution is -2.44. The molecule has 208 valence electrons. The van der Waals surface area contributed by atoms with Crippen molar-refractivity contribution < 1.29 is 19.1 Å². The molecular formula is C27H35N7O5. The molecule has 39 heavy (non-hydrogen) atoms. The van der Waals surface area contributed by atoms with Gasteiger partial charge in [-0.15, -0.1) is 0 Å². The van der Waals surface area contributed by atoms with E-state index in [1.54, 1.807) is 38.6 Å². The number of carbonyl (C=O) groups is 3. The number of hydrogen-bond donors (Lipinski definition) is 3. The second-order valence-electron chi connectivity index (χ2n) is 9.68. The quantitative estimate of drug-likeness (QED) is 0.318. The number of hydrogen-bond acceptors (Lipinski definition) is 7. The lowest BCUT2D eigenvalue weighted by molar-refractivity contribution is -0.123. The Bertz CT molecular complexity index is 1410. The summed E-state index contributed by atoms with van der Waals surface area (Å²) < 4.78 is 6.06. The number of methoxy groups -OCH3 is 1. The Balaban J connectivity index is 1.75. The number of likely N-dealkylation sites (N-methyl/N-ethyl adjacent to an activating group) is 1. The Hall–Kier alpha value is -4.48. The van der Waals surface area contributed by atoms with Crippen LogP contribution >= 0.6 is 0 Å². The first-order chi connectivity index (χ1) is 18.6. The Labute approximate surface area is 226 Å². The van der Waals surface area contributed by atoms with Gasteiger partial charge in [0.2, 0.25) is 11.8 Å². The van der Waals surface area contributed by atoms with Gasteiger partial charge in [-0.1, -0.05) is 19.9 Å². The second kappa shape index (κ2) is 13.4. The van der Waals surface area contributed by atoms with Gasteiger partial charge in [-0.2, -0.15) is 0 Å². The zero-order valence-corrected chi connectivity index (χ0v) is 22.9. The molecule has 0 aliphatic rings. The first kappa shape index (κ1) is 29.1. The number of ether oxygens (including phenoxy) is 1. The highest BCUT2D eigenvalue weighted by molar-refractivity contribution is 5.96. The first-order valence-corrected chi connectivity index (χ1v) is 12.6. The number of aromatic amines is 1. The maximum Gasteiger partial charge on any atom is 0.407 e. The summed E-state index contributed by atoms with van der Waals surface area (Å²) in [6.07, 6.45) is 6.87. The third-order valence-corrected chi connectivity index (χ3v) is 5.84. The Morgan fingerprint density at radius 3 is 2.69 bits per heavy atom. The molecule has 3 amide bonds. The number of pyridine rings is 2. The van der Waals surface area contributed by atoms with Gasteiger partial charge in [0.25, 0.3) is 5.56 Å². The largest absolute Gasteiger partial charge is 0.453 e. The van der Waals surface area contributed by atoms with Crippen LogP contribution in [0.2, 0.25) is 0 Å². The fourth-order valence-electron chi connectivity index (χ4n) is 3.86. The lowest BCUT2D eigenvalue weighted by atomic mass is 10.1. The number of allylic oxidation sites excluding steroid dienone is 1. The molecule has 3 rings (SSSR count). The van der Waals surface area contributed by atoms with Crippen LogP contribution in [0.25, 0.3) is 11.0 Å². The third kappa shape index (κ3) is 8.00. The van der Waals surface area contributed by atoms with Gasteiger partial charge in [0.05, 0.1) is 24.9 Å². The van der Waals surface area contributed by atoms with E-state index in [0.29, 0.717) is 18.2 Å². The van der Waals surface area contributed by atoms with Crippen LogP contribution in [0.15, 0.2) is 47.5 Å². The molecule has 0 aromatic carbocycles. The zero-order chi connectivity index (χ0) is 28.5. The molecule has 3 aromatic rings. The number of aromatic nitrogens is 4. The Morgan fingerprint density at radius 2 is 2.00 bits per heavy atom. The number of nitrogens with one attached hydrogen (secondary N) is 3. The van der Waals surface area contributed by atoms with Crippen molar-refractivity contribution in [3.8, 4) is 0 Å². The predicted octanol–water partition coefficient (Wildman–Crippen LogP) is 2.45. The summed E-state index contributed by atoms with van der Waals surface area (Å²) in [6, 6.07) is 3.98. The van der Waals surface area contributed by atoms with Gasteiger partial charge in [0, 0.05) is 26.5 Å².